The molecule has 3 rings (SSSR count). The molecule has 1 fully saturated rings. The van der Waals surface area contributed by atoms with Crippen LogP contribution in [0.25, 0.3) is 0 Å². The number of benzene rings is 1. The molecule has 3 atom stereocenters. The molecule has 2 aliphatic rings. The summed E-state index contributed by atoms with van der Waals surface area (Å²) in [5.41, 5.74) is 2.54. The van der Waals surface area contributed by atoms with E-state index >= 15 is 0 Å². The fraction of sp³-hybridized carbons (Fsp3) is 0.556. The molecule has 1 amide bonds. The maximum Gasteiger partial charge on any atom is 0.326 e. The Morgan fingerprint density at radius 2 is 2.09 bits per heavy atom. The number of nitrogens with one attached hydrogen (secondary N) is 1. The van der Waals surface area contributed by atoms with Crippen molar-refractivity contribution >= 4 is 11.9 Å². The molecule has 0 radical (unpaired) electrons. The second-order valence-electron chi connectivity index (χ2n) is 6.42. The van der Waals surface area contributed by atoms with Crippen molar-refractivity contribution in [3.63, 3.8) is 0 Å². The zero-order valence-electron chi connectivity index (χ0n) is 13.2. The van der Waals surface area contributed by atoms with Gasteiger partial charge in [-0.25, -0.2) is 4.79 Å². The van der Waals surface area contributed by atoms with Gasteiger partial charge in [-0.05, 0) is 55.6 Å². The number of fused-ring (bicyclic) bond motifs is 1. The Balaban J connectivity index is 1.68. The highest BCUT2D eigenvalue weighted by atomic mass is 16.5. The minimum Gasteiger partial charge on any atom is -0.480 e. The highest BCUT2D eigenvalue weighted by Crippen LogP contribution is 2.34. The number of hydrogen-bond acceptors (Lipinski definition) is 3. The lowest BCUT2D eigenvalue weighted by Gasteiger charge is -2.28. The first kappa shape index (κ1) is 16.0. The summed E-state index contributed by atoms with van der Waals surface area (Å²) in [4.78, 5) is 23.7. The van der Waals surface area contributed by atoms with Crippen molar-refractivity contribution in [2.75, 3.05) is 6.61 Å². The highest BCUT2D eigenvalue weighted by Gasteiger charge is 2.31. The number of carboxylic acid groups (broad SMARTS) is 1. The molecule has 1 aliphatic heterocycles. The summed E-state index contributed by atoms with van der Waals surface area (Å²) in [6.07, 6.45) is 4.55. The molecule has 5 heteroatoms. The number of amides is 1. The minimum atomic E-state index is -0.973. The van der Waals surface area contributed by atoms with Crippen LogP contribution in [0.2, 0.25) is 0 Å². The number of carbonyl (C=O) groups is 2. The molecular weight excluding hydrogens is 294 g/mol. The summed E-state index contributed by atoms with van der Waals surface area (Å²) in [5.74, 6) is -1.08. The van der Waals surface area contributed by atoms with Crippen molar-refractivity contribution < 1.29 is 19.4 Å². The Labute approximate surface area is 136 Å². The van der Waals surface area contributed by atoms with Crippen LogP contribution in [0.4, 0.5) is 0 Å². The van der Waals surface area contributed by atoms with E-state index in [0.717, 1.165) is 25.7 Å². The van der Waals surface area contributed by atoms with Crippen LogP contribution in [0, 0.1) is 0 Å². The number of ether oxygens (including phenoxy) is 1. The average Bonchev–Trinajstić information content (AvgIpc) is 3.09. The number of hydrogen-bond donors (Lipinski definition) is 2. The Morgan fingerprint density at radius 3 is 2.83 bits per heavy atom. The molecule has 23 heavy (non-hydrogen) atoms. The predicted molar refractivity (Wildman–Crippen MR) is 85.3 cm³/mol. The summed E-state index contributed by atoms with van der Waals surface area (Å²) >= 11 is 0. The Morgan fingerprint density at radius 1 is 1.26 bits per heavy atom. The van der Waals surface area contributed by atoms with Crippen LogP contribution in [-0.4, -0.2) is 35.7 Å². The van der Waals surface area contributed by atoms with Crippen molar-refractivity contribution in [2.24, 2.45) is 0 Å². The van der Waals surface area contributed by atoms with Gasteiger partial charge in [0.1, 0.15) is 12.1 Å². The third-order valence-corrected chi connectivity index (χ3v) is 4.85. The fourth-order valence-electron chi connectivity index (χ4n) is 3.65. The van der Waals surface area contributed by atoms with E-state index in [-0.39, 0.29) is 11.8 Å². The van der Waals surface area contributed by atoms with Crippen molar-refractivity contribution in [1.29, 1.82) is 0 Å². The molecule has 1 heterocycles. The first-order chi connectivity index (χ1) is 11.1. The molecule has 1 aromatic carbocycles. The average molecular weight is 317 g/mol. The maximum absolute atomic E-state index is 12.1. The zero-order valence-corrected chi connectivity index (χ0v) is 13.2. The number of aryl methyl sites for hydroxylation is 1. The van der Waals surface area contributed by atoms with Crippen LogP contribution >= 0.6 is 0 Å². The van der Waals surface area contributed by atoms with E-state index in [1.807, 2.05) is 12.1 Å². The van der Waals surface area contributed by atoms with Crippen LogP contribution in [0.1, 0.15) is 49.1 Å². The van der Waals surface area contributed by atoms with Gasteiger partial charge in [-0.3, -0.25) is 4.79 Å². The second-order valence-corrected chi connectivity index (χ2v) is 6.42. The van der Waals surface area contributed by atoms with Gasteiger partial charge in [-0.1, -0.05) is 24.3 Å². The van der Waals surface area contributed by atoms with Crippen LogP contribution in [0.5, 0.6) is 0 Å². The molecule has 1 saturated heterocycles. The highest BCUT2D eigenvalue weighted by molar-refractivity contribution is 5.86. The maximum atomic E-state index is 12.1. The van der Waals surface area contributed by atoms with E-state index in [0.29, 0.717) is 19.4 Å². The van der Waals surface area contributed by atoms with Crippen LogP contribution in [0.3, 0.4) is 0 Å². The van der Waals surface area contributed by atoms with E-state index in [1.54, 1.807) is 0 Å². The Bertz CT molecular complexity index is 580. The third kappa shape index (κ3) is 3.72. The van der Waals surface area contributed by atoms with Gasteiger partial charge >= 0.3 is 5.97 Å². The van der Waals surface area contributed by atoms with Gasteiger partial charge in [-0.2, -0.15) is 0 Å². The number of rotatable bonds is 5. The first-order valence-corrected chi connectivity index (χ1v) is 8.37. The van der Waals surface area contributed by atoms with Gasteiger partial charge in [0, 0.05) is 6.61 Å². The van der Waals surface area contributed by atoms with Gasteiger partial charge in [0.2, 0.25) is 5.91 Å². The van der Waals surface area contributed by atoms with Gasteiger partial charge in [0.15, 0.2) is 0 Å². The predicted octanol–water partition coefficient (Wildman–Crippen LogP) is 2.25. The third-order valence-electron chi connectivity index (χ3n) is 4.85. The standard InChI is InChI=1S/C18H23NO4/c20-17(16-9-4-10-23-16)19-15(18(21)22)11-13-7-3-6-12-5-1-2-8-14(12)13/h1-2,5,8,13,15-16H,3-4,6-7,9-11H2,(H,19,20)(H,21,22). The topological polar surface area (TPSA) is 75.6 Å². The quantitative estimate of drug-likeness (QED) is 0.873. The summed E-state index contributed by atoms with van der Waals surface area (Å²) in [6.45, 7) is 0.575. The largest absolute Gasteiger partial charge is 0.480 e. The molecule has 0 bridgehead atoms. The zero-order chi connectivity index (χ0) is 16.2. The molecule has 0 spiro atoms. The molecule has 124 valence electrons. The van der Waals surface area contributed by atoms with Crippen LogP contribution < -0.4 is 5.32 Å². The van der Waals surface area contributed by atoms with Crippen molar-refractivity contribution in [3.05, 3.63) is 35.4 Å². The molecule has 3 unspecified atom stereocenters. The normalized spacial score (nSPS) is 24.7. The molecule has 0 aromatic heterocycles. The van der Waals surface area contributed by atoms with Gasteiger partial charge in [-0.15, -0.1) is 0 Å². The Kier molecular flexibility index (Phi) is 4.96. The summed E-state index contributed by atoms with van der Waals surface area (Å²) < 4.78 is 5.34. The lowest BCUT2D eigenvalue weighted by Crippen LogP contribution is -2.46. The monoisotopic (exact) mass is 317 g/mol. The second kappa shape index (κ2) is 7.13. The van der Waals surface area contributed by atoms with Gasteiger partial charge in [0.05, 0.1) is 0 Å². The van der Waals surface area contributed by atoms with Crippen LogP contribution in [-0.2, 0) is 20.7 Å². The van der Waals surface area contributed by atoms with E-state index in [2.05, 4.69) is 17.4 Å². The number of carbonyl (C=O) groups excluding carboxylic acids is 1. The lowest BCUT2D eigenvalue weighted by molar-refractivity contribution is -0.144. The molecular formula is C18H23NO4. The van der Waals surface area contributed by atoms with E-state index < -0.39 is 18.1 Å². The smallest absolute Gasteiger partial charge is 0.326 e. The lowest BCUT2D eigenvalue weighted by atomic mass is 9.79. The molecule has 2 N–H and O–H groups in total. The molecule has 5 nitrogen and oxygen atoms in total. The molecule has 0 saturated carbocycles. The molecule has 1 aromatic rings. The number of carboxylic acids is 1. The summed E-state index contributed by atoms with van der Waals surface area (Å²) in [6, 6.07) is 7.36. The van der Waals surface area contributed by atoms with Gasteiger partial charge < -0.3 is 15.2 Å². The minimum absolute atomic E-state index is 0.186. The fourth-order valence-corrected chi connectivity index (χ4v) is 3.65. The van der Waals surface area contributed by atoms with Crippen molar-refractivity contribution in [2.45, 2.75) is 56.6 Å². The summed E-state index contributed by atoms with van der Waals surface area (Å²) in [7, 11) is 0. The van der Waals surface area contributed by atoms with E-state index in [4.69, 9.17) is 4.74 Å². The first-order valence-electron chi connectivity index (χ1n) is 8.37. The van der Waals surface area contributed by atoms with E-state index in [1.165, 1.54) is 11.1 Å². The van der Waals surface area contributed by atoms with Gasteiger partial charge in [0.25, 0.3) is 0 Å². The van der Waals surface area contributed by atoms with E-state index in [9.17, 15) is 14.7 Å². The Hall–Kier alpha value is -1.88. The number of aliphatic carboxylic acids is 1. The summed E-state index contributed by atoms with van der Waals surface area (Å²) in [5, 5.41) is 12.2. The van der Waals surface area contributed by atoms with Crippen molar-refractivity contribution in [3.8, 4) is 0 Å². The van der Waals surface area contributed by atoms with Crippen LogP contribution in [0.15, 0.2) is 24.3 Å². The van der Waals surface area contributed by atoms with Crippen molar-refractivity contribution in [1.82, 2.24) is 5.32 Å². The molecule has 1 aliphatic carbocycles. The SMILES string of the molecule is O=C(O)C(CC1CCCc2ccccc21)NC(=O)C1CCCO1.